The van der Waals surface area contributed by atoms with Crippen LogP contribution in [-0.4, -0.2) is 30.7 Å². The number of nitrogens with zero attached hydrogens (tertiary/aromatic N) is 4. The lowest BCUT2D eigenvalue weighted by atomic mass is 10.2. The first-order chi connectivity index (χ1) is 9.24. The molecule has 0 bridgehead atoms. The highest BCUT2D eigenvalue weighted by atomic mass is 32.2. The Labute approximate surface area is 112 Å². The van der Waals surface area contributed by atoms with Crippen LogP contribution in [-0.2, 0) is 0 Å². The van der Waals surface area contributed by atoms with Crippen molar-refractivity contribution in [3.8, 4) is 0 Å². The van der Waals surface area contributed by atoms with Crippen molar-refractivity contribution in [3.63, 3.8) is 0 Å². The van der Waals surface area contributed by atoms with Gasteiger partial charge in [0.1, 0.15) is 21.9 Å². The number of imidazole rings is 1. The van der Waals surface area contributed by atoms with Crippen molar-refractivity contribution < 1.29 is 4.79 Å². The Balaban J connectivity index is 1.99. The standard InChI is InChI=1S/C12H9N5OS/c1-7(18)8-2-3-13-9(4-8)19-12-10-11(15-5-14-10)16-6-17-12/h2-6H,1H3,(H,14,15,16,17). The summed E-state index contributed by atoms with van der Waals surface area (Å²) in [6.45, 7) is 1.53. The van der Waals surface area contributed by atoms with E-state index in [1.54, 1.807) is 24.7 Å². The quantitative estimate of drug-likeness (QED) is 0.580. The molecule has 0 aliphatic heterocycles. The Morgan fingerprint density at radius 3 is 3.00 bits per heavy atom. The lowest BCUT2D eigenvalue weighted by Gasteiger charge is -2.02. The highest BCUT2D eigenvalue weighted by Gasteiger charge is 2.09. The number of carbonyl (C=O) groups is 1. The first-order valence-corrected chi connectivity index (χ1v) is 6.34. The molecule has 0 fully saturated rings. The third-order valence-corrected chi connectivity index (χ3v) is 3.47. The second kappa shape index (κ2) is 4.77. The van der Waals surface area contributed by atoms with E-state index in [0.29, 0.717) is 16.2 Å². The Hall–Kier alpha value is -2.28. The first kappa shape index (κ1) is 11.8. The Morgan fingerprint density at radius 1 is 1.26 bits per heavy atom. The van der Waals surface area contributed by atoms with Crippen LogP contribution in [0.1, 0.15) is 17.3 Å². The summed E-state index contributed by atoms with van der Waals surface area (Å²) in [6.07, 6.45) is 4.65. The van der Waals surface area contributed by atoms with Crippen LogP contribution in [0.4, 0.5) is 0 Å². The van der Waals surface area contributed by atoms with Gasteiger partial charge in [-0.15, -0.1) is 0 Å². The minimum atomic E-state index is 0.0126. The molecule has 0 radical (unpaired) electrons. The van der Waals surface area contributed by atoms with E-state index >= 15 is 0 Å². The van der Waals surface area contributed by atoms with Crippen LogP contribution in [0, 0.1) is 0 Å². The maximum Gasteiger partial charge on any atom is 0.181 e. The Morgan fingerprint density at radius 2 is 2.16 bits per heavy atom. The number of carbonyl (C=O) groups excluding carboxylic acids is 1. The van der Waals surface area contributed by atoms with Crippen LogP contribution in [0.5, 0.6) is 0 Å². The van der Waals surface area contributed by atoms with E-state index in [4.69, 9.17) is 0 Å². The fourth-order valence-corrected chi connectivity index (χ4v) is 2.45. The molecule has 94 valence electrons. The summed E-state index contributed by atoms with van der Waals surface area (Å²) >= 11 is 1.37. The Bertz CT molecular complexity index is 754. The van der Waals surface area contributed by atoms with Gasteiger partial charge in [-0.1, -0.05) is 0 Å². The van der Waals surface area contributed by atoms with Gasteiger partial charge >= 0.3 is 0 Å². The van der Waals surface area contributed by atoms with Gasteiger partial charge in [0.05, 0.1) is 6.33 Å². The van der Waals surface area contributed by atoms with E-state index in [2.05, 4.69) is 24.9 Å². The number of fused-ring (bicyclic) bond motifs is 1. The van der Waals surface area contributed by atoms with Crippen molar-refractivity contribution in [2.45, 2.75) is 17.0 Å². The van der Waals surface area contributed by atoms with Gasteiger partial charge in [0, 0.05) is 11.8 Å². The molecular formula is C12H9N5OS. The summed E-state index contributed by atoms with van der Waals surface area (Å²) in [4.78, 5) is 30.9. The highest BCUT2D eigenvalue weighted by Crippen LogP contribution is 2.28. The molecule has 1 N–H and O–H groups in total. The number of nitrogens with one attached hydrogen (secondary N) is 1. The zero-order valence-corrected chi connectivity index (χ0v) is 10.8. The number of H-pyrrole nitrogens is 1. The third kappa shape index (κ3) is 2.32. The summed E-state index contributed by atoms with van der Waals surface area (Å²) in [6, 6.07) is 3.44. The maximum absolute atomic E-state index is 11.3. The SMILES string of the molecule is CC(=O)c1ccnc(Sc2ncnc3nc[nH]c23)c1. The lowest BCUT2D eigenvalue weighted by Crippen LogP contribution is -1.93. The monoisotopic (exact) mass is 271 g/mol. The second-order valence-corrected chi connectivity index (χ2v) is 4.83. The van der Waals surface area contributed by atoms with Gasteiger partial charge in [-0.3, -0.25) is 4.79 Å². The van der Waals surface area contributed by atoms with E-state index in [0.717, 1.165) is 10.5 Å². The van der Waals surface area contributed by atoms with Crippen LogP contribution >= 0.6 is 11.8 Å². The van der Waals surface area contributed by atoms with Crippen molar-refractivity contribution >= 4 is 28.7 Å². The van der Waals surface area contributed by atoms with Gasteiger partial charge in [-0.25, -0.2) is 19.9 Å². The Kier molecular flexibility index (Phi) is 2.96. The summed E-state index contributed by atoms with van der Waals surface area (Å²) in [5.41, 5.74) is 2.01. The van der Waals surface area contributed by atoms with Crippen LogP contribution in [0.2, 0.25) is 0 Å². The summed E-state index contributed by atoms with van der Waals surface area (Å²) in [5.74, 6) is 0.0126. The lowest BCUT2D eigenvalue weighted by molar-refractivity contribution is 0.101. The van der Waals surface area contributed by atoms with Crippen LogP contribution in [0.25, 0.3) is 11.2 Å². The smallest absolute Gasteiger partial charge is 0.181 e. The third-order valence-electron chi connectivity index (χ3n) is 2.53. The number of ketones is 1. The molecule has 7 heteroatoms. The molecule has 0 aromatic carbocycles. The van der Waals surface area contributed by atoms with Crippen LogP contribution in [0.15, 0.2) is 41.0 Å². The highest BCUT2D eigenvalue weighted by molar-refractivity contribution is 7.99. The molecule has 0 unspecified atom stereocenters. The number of rotatable bonds is 3. The zero-order valence-electron chi connectivity index (χ0n) is 9.99. The largest absolute Gasteiger partial charge is 0.341 e. The number of Topliss-reactive ketones (excluding diaryl/α,β-unsaturated/α-hetero) is 1. The molecule has 0 spiro atoms. The minimum absolute atomic E-state index is 0.0126. The van der Waals surface area contributed by atoms with E-state index < -0.39 is 0 Å². The van der Waals surface area contributed by atoms with Crippen molar-refractivity contribution in [2.24, 2.45) is 0 Å². The topological polar surface area (TPSA) is 84.4 Å². The predicted molar refractivity (Wildman–Crippen MR) is 70.0 cm³/mol. The zero-order chi connectivity index (χ0) is 13.2. The van der Waals surface area contributed by atoms with E-state index in [1.165, 1.54) is 25.0 Å². The normalized spacial score (nSPS) is 10.8. The van der Waals surface area contributed by atoms with Gasteiger partial charge < -0.3 is 4.98 Å². The molecule has 19 heavy (non-hydrogen) atoms. The number of pyridine rings is 1. The number of hydrogen-bond acceptors (Lipinski definition) is 6. The fraction of sp³-hybridized carbons (Fsp3) is 0.0833. The van der Waals surface area contributed by atoms with Crippen molar-refractivity contribution in [1.29, 1.82) is 0 Å². The molecule has 3 aromatic rings. The van der Waals surface area contributed by atoms with Crippen molar-refractivity contribution in [3.05, 3.63) is 36.5 Å². The van der Waals surface area contributed by atoms with E-state index in [-0.39, 0.29) is 5.78 Å². The minimum Gasteiger partial charge on any atom is -0.341 e. The van der Waals surface area contributed by atoms with Gasteiger partial charge in [-0.2, -0.15) is 0 Å². The van der Waals surface area contributed by atoms with Crippen LogP contribution in [0.3, 0.4) is 0 Å². The fourth-order valence-electron chi connectivity index (χ4n) is 1.60. The molecule has 3 heterocycles. The van der Waals surface area contributed by atoms with E-state index in [9.17, 15) is 4.79 Å². The molecule has 0 saturated carbocycles. The van der Waals surface area contributed by atoms with Gasteiger partial charge in [0.2, 0.25) is 0 Å². The molecule has 0 aliphatic rings. The molecule has 0 saturated heterocycles. The molecule has 3 rings (SSSR count). The van der Waals surface area contributed by atoms with Gasteiger partial charge in [-0.05, 0) is 30.8 Å². The van der Waals surface area contributed by atoms with Crippen molar-refractivity contribution in [1.82, 2.24) is 24.9 Å². The summed E-state index contributed by atoms with van der Waals surface area (Å²) in [5, 5.41) is 1.44. The average Bonchev–Trinajstić information content (AvgIpc) is 2.88. The average molecular weight is 271 g/mol. The first-order valence-electron chi connectivity index (χ1n) is 5.53. The molecule has 0 atom stereocenters. The van der Waals surface area contributed by atoms with Crippen LogP contribution < -0.4 is 0 Å². The van der Waals surface area contributed by atoms with Crippen molar-refractivity contribution in [2.75, 3.05) is 0 Å². The molecule has 0 aliphatic carbocycles. The molecular weight excluding hydrogens is 262 g/mol. The summed E-state index contributed by atoms with van der Waals surface area (Å²) in [7, 11) is 0. The molecule has 3 aromatic heterocycles. The maximum atomic E-state index is 11.3. The van der Waals surface area contributed by atoms with Gasteiger partial charge in [0.25, 0.3) is 0 Å². The van der Waals surface area contributed by atoms with Gasteiger partial charge in [0.15, 0.2) is 11.4 Å². The molecule has 0 amide bonds. The number of hydrogen-bond donors (Lipinski definition) is 1. The number of aromatic amines is 1. The number of aromatic nitrogens is 5. The summed E-state index contributed by atoms with van der Waals surface area (Å²) < 4.78 is 0. The van der Waals surface area contributed by atoms with E-state index in [1.807, 2.05) is 0 Å². The predicted octanol–water partition coefficient (Wildman–Crippen LogP) is 2.10. The second-order valence-electron chi connectivity index (χ2n) is 3.82. The molecule has 6 nitrogen and oxygen atoms in total.